The predicted molar refractivity (Wildman–Crippen MR) is 107 cm³/mol. The molecule has 1 saturated heterocycles. The monoisotopic (exact) mass is 366 g/mol. The predicted octanol–water partition coefficient (Wildman–Crippen LogP) is 3.93. The molecular weight excluding hydrogens is 344 g/mol. The first-order chi connectivity index (χ1) is 12.7. The summed E-state index contributed by atoms with van der Waals surface area (Å²) in [6.45, 7) is 1.75. The van der Waals surface area contributed by atoms with Crippen molar-refractivity contribution < 1.29 is 9.53 Å². The molecule has 26 heavy (non-hydrogen) atoms. The van der Waals surface area contributed by atoms with Crippen molar-refractivity contribution in [1.82, 2.24) is 5.32 Å². The van der Waals surface area contributed by atoms with Crippen molar-refractivity contribution in [2.24, 2.45) is 0 Å². The fourth-order valence-corrected chi connectivity index (χ4v) is 4.52. The summed E-state index contributed by atoms with van der Waals surface area (Å²) in [5.41, 5.74) is 2.02. The third-order valence-electron chi connectivity index (χ3n) is 4.84. The number of fused-ring (bicyclic) bond motifs is 1. The number of nitrogens with one attached hydrogen (secondary N) is 1. The van der Waals surface area contributed by atoms with Crippen LogP contribution >= 0.6 is 11.8 Å². The van der Waals surface area contributed by atoms with Crippen molar-refractivity contribution >= 4 is 28.3 Å². The number of anilines is 1. The van der Waals surface area contributed by atoms with Gasteiger partial charge in [-0.15, -0.1) is 0 Å². The molecule has 1 atom stereocenters. The number of rotatable bonds is 4. The molecule has 0 aromatic heterocycles. The van der Waals surface area contributed by atoms with Gasteiger partial charge in [-0.25, -0.2) is 0 Å². The summed E-state index contributed by atoms with van der Waals surface area (Å²) in [5, 5.41) is 3.50. The normalized spacial score (nSPS) is 19.7. The zero-order valence-corrected chi connectivity index (χ0v) is 15.6. The van der Waals surface area contributed by atoms with Gasteiger partial charge in [0.05, 0.1) is 12.8 Å². The Morgan fingerprint density at radius 2 is 2.00 bits per heavy atom. The van der Waals surface area contributed by atoms with E-state index in [-0.39, 0.29) is 5.91 Å². The first-order valence-electron chi connectivity index (χ1n) is 8.92. The molecule has 134 valence electrons. The van der Waals surface area contributed by atoms with Gasteiger partial charge in [0.2, 0.25) is 0 Å². The standard InChI is InChI=1S/C21H22N2O2S/c1-25-17-10-8-15(9-11-17)20-13-21(24)23(14-16-5-4-12-22-16)18-6-2-3-7-19(18)26-20/h2-3,6-11,13,16,22H,4-5,12,14H2,1H3. The molecular formula is C21H22N2O2S. The van der Waals surface area contributed by atoms with Crippen LogP contribution in [0.15, 0.2) is 59.5 Å². The summed E-state index contributed by atoms with van der Waals surface area (Å²) in [4.78, 5) is 17.0. The number of hydrogen-bond donors (Lipinski definition) is 1. The summed E-state index contributed by atoms with van der Waals surface area (Å²) in [6.07, 6.45) is 4.06. The van der Waals surface area contributed by atoms with Crippen molar-refractivity contribution in [3.05, 3.63) is 60.2 Å². The van der Waals surface area contributed by atoms with Gasteiger partial charge < -0.3 is 15.0 Å². The van der Waals surface area contributed by atoms with E-state index < -0.39 is 0 Å². The first-order valence-corrected chi connectivity index (χ1v) is 9.74. The highest BCUT2D eigenvalue weighted by Crippen LogP contribution is 2.42. The Balaban J connectivity index is 1.69. The Hall–Kier alpha value is -2.24. The van der Waals surface area contributed by atoms with Crippen molar-refractivity contribution in [3.8, 4) is 5.75 Å². The summed E-state index contributed by atoms with van der Waals surface area (Å²) < 4.78 is 5.24. The lowest BCUT2D eigenvalue weighted by Crippen LogP contribution is -2.40. The van der Waals surface area contributed by atoms with Crippen LogP contribution in [0.4, 0.5) is 5.69 Å². The van der Waals surface area contributed by atoms with Gasteiger partial charge in [-0.05, 0) is 49.2 Å². The molecule has 4 nitrogen and oxygen atoms in total. The summed E-state index contributed by atoms with van der Waals surface area (Å²) in [5.74, 6) is 0.857. The number of hydrogen-bond acceptors (Lipinski definition) is 4. The molecule has 1 amide bonds. The van der Waals surface area contributed by atoms with E-state index in [0.29, 0.717) is 12.6 Å². The molecule has 4 rings (SSSR count). The molecule has 2 heterocycles. The lowest BCUT2D eigenvalue weighted by atomic mass is 10.1. The second-order valence-corrected chi connectivity index (χ2v) is 7.63. The van der Waals surface area contributed by atoms with E-state index >= 15 is 0 Å². The molecule has 2 aliphatic heterocycles. The van der Waals surface area contributed by atoms with Gasteiger partial charge in [-0.1, -0.05) is 36.0 Å². The molecule has 0 saturated carbocycles. The maximum Gasteiger partial charge on any atom is 0.252 e. The number of ether oxygens (including phenoxy) is 1. The van der Waals surface area contributed by atoms with E-state index in [1.54, 1.807) is 24.9 Å². The van der Waals surface area contributed by atoms with Crippen LogP contribution in [0.3, 0.4) is 0 Å². The molecule has 2 aromatic carbocycles. The second kappa shape index (κ2) is 7.56. The molecule has 0 bridgehead atoms. The van der Waals surface area contributed by atoms with Gasteiger partial charge in [0.15, 0.2) is 0 Å². The SMILES string of the molecule is COc1ccc(C2=CC(=O)N(CC3CCCN3)c3ccccc3S2)cc1. The van der Waals surface area contributed by atoms with Crippen molar-refractivity contribution in [2.75, 3.05) is 25.1 Å². The van der Waals surface area contributed by atoms with Crippen LogP contribution in [0, 0.1) is 0 Å². The van der Waals surface area contributed by atoms with Crippen molar-refractivity contribution in [3.63, 3.8) is 0 Å². The fraction of sp³-hybridized carbons (Fsp3) is 0.286. The van der Waals surface area contributed by atoms with Gasteiger partial charge in [-0.3, -0.25) is 4.79 Å². The van der Waals surface area contributed by atoms with E-state index in [4.69, 9.17) is 4.74 Å². The van der Waals surface area contributed by atoms with E-state index in [2.05, 4.69) is 11.4 Å². The number of methoxy groups -OCH3 is 1. The van der Waals surface area contributed by atoms with Crippen LogP contribution < -0.4 is 15.0 Å². The first kappa shape index (κ1) is 17.2. The highest BCUT2D eigenvalue weighted by atomic mass is 32.2. The molecule has 2 aromatic rings. The number of benzene rings is 2. The zero-order chi connectivity index (χ0) is 17.9. The number of carbonyl (C=O) groups is 1. The van der Waals surface area contributed by atoms with Gasteiger partial charge in [-0.2, -0.15) is 0 Å². The number of amides is 1. The third-order valence-corrected chi connectivity index (χ3v) is 5.98. The Morgan fingerprint density at radius 1 is 1.19 bits per heavy atom. The summed E-state index contributed by atoms with van der Waals surface area (Å²) >= 11 is 1.65. The lowest BCUT2D eigenvalue weighted by Gasteiger charge is -2.25. The Morgan fingerprint density at radius 3 is 2.73 bits per heavy atom. The van der Waals surface area contributed by atoms with Crippen LogP contribution in [0.25, 0.3) is 4.91 Å². The van der Waals surface area contributed by atoms with Crippen LogP contribution in [0.5, 0.6) is 5.75 Å². The van der Waals surface area contributed by atoms with E-state index in [1.165, 1.54) is 6.42 Å². The van der Waals surface area contributed by atoms with Gasteiger partial charge in [0.25, 0.3) is 5.91 Å². The smallest absolute Gasteiger partial charge is 0.252 e. The molecule has 2 aliphatic rings. The molecule has 1 unspecified atom stereocenters. The highest BCUT2D eigenvalue weighted by molar-refractivity contribution is 8.08. The van der Waals surface area contributed by atoms with Crippen LogP contribution in [-0.2, 0) is 4.79 Å². The largest absolute Gasteiger partial charge is 0.497 e. The van der Waals surface area contributed by atoms with Crippen molar-refractivity contribution in [2.45, 2.75) is 23.8 Å². The van der Waals surface area contributed by atoms with Gasteiger partial charge in [0, 0.05) is 28.5 Å². The minimum atomic E-state index is 0.0435. The Kier molecular flexibility index (Phi) is 5.00. The quantitative estimate of drug-likeness (QED) is 0.890. The van der Waals surface area contributed by atoms with Crippen LogP contribution in [-0.4, -0.2) is 32.1 Å². The van der Waals surface area contributed by atoms with Gasteiger partial charge >= 0.3 is 0 Å². The molecule has 0 aliphatic carbocycles. The maximum atomic E-state index is 13.1. The topological polar surface area (TPSA) is 41.6 Å². The number of thioether (sulfide) groups is 1. The molecule has 0 spiro atoms. The van der Waals surface area contributed by atoms with E-state index in [0.717, 1.165) is 39.8 Å². The third kappa shape index (κ3) is 3.50. The van der Waals surface area contributed by atoms with Gasteiger partial charge in [0.1, 0.15) is 5.75 Å². The van der Waals surface area contributed by atoms with Crippen LogP contribution in [0.1, 0.15) is 18.4 Å². The van der Waals surface area contributed by atoms with E-state index in [1.807, 2.05) is 47.4 Å². The Bertz CT molecular complexity index is 826. The minimum absolute atomic E-state index is 0.0435. The summed E-state index contributed by atoms with van der Waals surface area (Å²) in [6, 6.07) is 16.4. The number of nitrogens with zero attached hydrogens (tertiary/aromatic N) is 1. The molecule has 1 N–H and O–H groups in total. The average Bonchev–Trinajstić information content (AvgIpc) is 3.14. The van der Waals surface area contributed by atoms with Crippen molar-refractivity contribution in [1.29, 1.82) is 0 Å². The molecule has 5 heteroatoms. The zero-order valence-electron chi connectivity index (χ0n) is 14.8. The maximum absolute atomic E-state index is 13.1. The average molecular weight is 366 g/mol. The second-order valence-electron chi connectivity index (χ2n) is 6.55. The minimum Gasteiger partial charge on any atom is -0.497 e. The molecule has 0 radical (unpaired) electrons. The number of carbonyl (C=O) groups excluding carboxylic acids is 1. The lowest BCUT2D eigenvalue weighted by molar-refractivity contribution is -0.114. The van der Waals surface area contributed by atoms with Crippen LogP contribution in [0.2, 0.25) is 0 Å². The number of para-hydroxylation sites is 1. The Labute approximate surface area is 158 Å². The molecule has 1 fully saturated rings. The summed E-state index contributed by atoms with van der Waals surface area (Å²) in [7, 11) is 1.66. The fourth-order valence-electron chi connectivity index (χ4n) is 3.44. The highest BCUT2D eigenvalue weighted by Gasteiger charge is 2.26. The van der Waals surface area contributed by atoms with E-state index in [9.17, 15) is 4.79 Å².